The quantitative estimate of drug-likeness (QED) is 0.679. The molecule has 0 aromatic heterocycles. The Kier molecular flexibility index (Phi) is 6.12. The summed E-state index contributed by atoms with van der Waals surface area (Å²) in [5.41, 5.74) is -0.402. The number of carbonyl (C=O) groups excluding carboxylic acids is 1. The molecule has 0 spiro atoms. The Morgan fingerprint density at radius 1 is 1.40 bits per heavy atom. The van der Waals surface area contributed by atoms with Gasteiger partial charge in [-0.15, -0.1) is 0 Å². The summed E-state index contributed by atoms with van der Waals surface area (Å²) < 4.78 is 42.5. The van der Waals surface area contributed by atoms with E-state index in [1.165, 1.54) is 12.1 Å². The predicted molar refractivity (Wildman–Crippen MR) is 69.4 cm³/mol. The van der Waals surface area contributed by atoms with Crippen LogP contribution in [0.4, 0.5) is 13.2 Å². The van der Waals surface area contributed by atoms with Gasteiger partial charge >= 0.3 is 31.0 Å². The van der Waals surface area contributed by atoms with E-state index in [4.69, 9.17) is 4.74 Å². The van der Waals surface area contributed by atoms with Gasteiger partial charge in [-0.05, 0) is 37.1 Å². The summed E-state index contributed by atoms with van der Waals surface area (Å²) in [5, 5.41) is 2.97. The molecule has 0 amide bonds. The monoisotopic (exact) mass is 281 g/mol. The number of hydrogen-bond donors (Lipinski definition) is 1. The van der Waals surface area contributed by atoms with E-state index in [2.05, 4.69) is 5.32 Å². The third-order valence-electron chi connectivity index (χ3n) is 2.98. The Morgan fingerprint density at radius 2 is 2.15 bits per heavy atom. The number of carbonyl (C=O) groups is 1. The van der Waals surface area contributed by atoms with Crippen LogP contribution in [0.3, 0.4) is 0 Å². The molecule has 1 unspecified atom stereocenters. The Morgan fingerprint density at radius 3 is 2.75 bits per heavy atom. The minimum absolute atomic E-state index is 0. The van der Waals surface area contributed by atoms with E-state index < -0.39 is 17.7 Å². The topological polar surface area (TPSA) is 38.3 Å². The number of rotatable bonds is 3. The molecule has 1 heterocycles. The van der Waals surface area contributed by atoms with Gasteiger partial charge in [-0.2, -0.15) is 13.2 Å². The van der Waals surface area contributed by atoms with Gasteiger partial charge in [-0.3, -0.25) is 4.79 Å². The Bertz CT molecular complexity index is 459. The van der Waals surface area contributed by atoms with E-state index >= 15 is 0 Å². The average molecular weight is 281 g/mol. The van der Waals surface area contributed by atoms with Crippen molar-refractivity contribution in [1.82, 2.24) is 5.32 Å². The fourth-order valence-corrected chi connectivity index (χ4v) is 1.98. The molecule has 1 aromatic carbocycles. The van der Waals surface area contributed by atoms with E-state index in [0.717, 1.165) is 25.1 Å². The maximum absolute atomic E-state index is 12.5. The van der Waals surface area contributed by atoms with Gasteiger partial charge in [0.25, 0.3) is 0 Å². The number of nitrogens with one attached hydrogen (secondary N) is 1. The van der Waals surface area contributed by atoms with Crippen LogP contribution in [0.5, 0.6) is 0 Å². The van der Waals surface area contributed by atoms with Crippen LogP contribution in [-0.2, 0) is 22.3 Å². The molecule has 1 fully saturated rings. The van der Waals surface area contributed by atoms with E-state index in [1.54, 1.807) is 0 Å². The fourth-order valence-electron chi connectivity index (χ4n) is 1.98. The van der Waals surface area contributed by atoms with Crippen LogP contribution in [0.2, 0.25) is 0 Å². The molecule has 1 aliphatic heterocycles. The molecule has 20 heavy (non-hydrogen) atoms. The minimum atomic E-state index is -4.38. The van der Waals surface area contributed by atoms with Gasteiger partial charge < -0.3 is 10.1 Å². The molecule has 106 valence electrons. The standard InChI is InChI=1S/C13H14F3NO2.Li.H/c14-13(15,16)10-4-1-3-9(7-10)8-19-12(18)11-5-2-6-17-11;;/h1,3-4,7,11,17H,2,5-6,8H2;;. The molecular formula is C13H15F3LiNO2. The van der Waals surface area contributed by atoms with Crippen LogP contribution in [0, 0.1) is 0 Å². The van der Waals surface area contributed by atoms with Crippen molar-refractivity contribution in [2.24, 2.45) is 0 Å². The van der Waals surface area contributed by atoms with E-state index in [9.17, 15) is 18.0 Å². The second-order valence-electron chi connectivity index (χ2n) is 4.45. The van der Waals surface area contributed by atoms with Crippen molar-refractivity contribution < 1.29 is 22.7 Å². The first-order valence-corrected chi connectivity index (χ1v) is 6.03. The van der Waals surface area contributed by atoms with Crippen LogP contribution in [0.1, 0.15) is 24.0 Å². The normalized spacial score (nSPS) is 18.4. The summed E-state index contributed by atoms with van der Waals surface area (Å²) in [6, 6.07) is 4.47. The maximum atomic E-state index is 12.5. The van der Waals surface area contributed by atoms with Crippen molar-refractivity contribution in [3.8, 4) is 0 Å². The van der Waals surface area contributed by atoms with Crippen LogP contribution in [0.25, 0.3) is 0 Å². The second kappa shape index (κ2) is 7.16. The summed E-state index contributed by atoms with van der Waals surface area (Å²) >= 11 is 0. The Balaban J connectivity index is 0.00000200. The molecule has 1 atom stereocenters. The fraction of sp³-hybridized carbons (Fsp3) is 0.462. The van der Waals surface area contributed by atoms with Crippen molar-refractivity contribution in [2.45, 2.75) is 31.7 Å². The van der Waals surface area contributed by atoms with Crippen molar-refractivity contribution in [1.29, 1.82) is 0 Å². The van der Waals surface area contributed by atoms with Crippen LogP contribution in [-0.4, -0.2) is 37.4 Å². The van der Waals surface area contributed by atoms with Gasteiger partial charge in [0.15, 0.2) is 0 Å². The molecule has 1 aliphatic rings. The van der Waals surface area contributed by atoms with Gasteiger partial charge in [0.2, 0.25) is 0 Å². The zero-order valence-electron chi connectivity index (χ0n) is 10.2. The molecular weight excluding hydrogens is 266 g/mol. The average Bonchev–Trinajstić information content (AvgIpc) is 2.89. The molecule has 1 N–H and O–H groups in total. The predicted octanol–water partition coefficient (Wildman–Crippen LogP) is 1.85. The molecule has 3 nitrogen and oxygen atoms in total. The van der Waals surface area contributed by atoms with Crippen LogP contribution in [0.15, 0.2) is 24.3 Å². The van der Waals surface area contributed by atoms with Gasteiger partial charge in [0.1, 0.15) is 12.6 Å². The Hall–Kier alpha value is -0.963. The Labute approximate surface area is 127 Å². The van der Waals surface area contributed by atoms with E-state index in [-0.39, 0.29) is 31.5 Å². The number of esters is 1. The molecule has 0 saturated carbocycles. The first kappa shape index (κ1) is 17.1. The first-order chi connectivity index (χ1) is 8.97. The molecule has 2 rings (SSSR count). The van der Waals surface area contributed by atoms with E-state index in [0.29, 0.717) is 12.0 Å². The molecule has 0 aliphatic carbocycles. The van der Waals surface area contributed by atoms with Gasteiger partial charge in [-0.25, -0.2) is 0 Å². The van der Waals surface area contributed by atoms with Crippen molar-refractivity contribution in [3.63, 3.8) is 0 Å². The van der Waals surface area contributed by atoms with Crippen LogP contribution < -0.4 is 5.32 Å². The number of ether oxygens (including phenoxy) is 1. The third-order valence-corrected chi connectivity index (χ3v) is 2.98. The molecule has 7 heteroatoms. The molecule has 1 aromatic rings. The number of halogens is 3. The number of hydrogen-bond acceptors (Lipinski definition) is 3. The zero-order chi connectivity index (χ0) is 13.9. The summed E-state index contributed by atoms with van der Waals surface area (Å²) in [5.74, 6) is -0.407. The molecule has 0 radical (unpaired) electrons. The van der Waals surface area contributed by atoms with Crippen molar-refractivity contribution in [2.75, 3.05) is 6.54 Å². The van der Waals surface area contributed by atoms with Crippen LogP contribution >= 0.6 is 0 Å². The van der Waals surface area contributed by atoms with Crippen molar-refractivity contribution in [3.05, 3.63) is 35.4 Å². The third kappa shape index (κ3) is 4.55. The summed E-state index contributed by atoms with van der Waals surface area (Å²) in [6.07, 6.45) is -2.77. The van der Waals surface area contributed by atoms with Crippen molar-refractivity contribution >= 4 is 24.8 Å². The number of alkyl halides is 3. The second-order valence-corrected chi connectivity index (χ2v) is 4.45. The summed E-state index contributed by atoms with van der Waals surface area (Å²) in [7, 11) is 0. The van der Waals surface area contributed by atoms with Gasteiger partial charge in [0, 0.05) is 0 Å². The van der Waals surface area contributed by atoms with Gasteiger partial charge in [0.05, 0.1) is 5.56 Å². The first-order valence-electron chi connectivity index (χ1n) is 6.03. The summed E-state index contributed by atoms with van der Waals surface area (Å²) in [4.78, 5) is 11.6. The number of benzene rings is 1. The SMILES string of the molecule is O=C(OCc1cccc(C(F)(F)F)c1)C1CCCN1.[LiH]. The van der Waals surface area contributed by atoms with E-state index in [1.807, 2.05) is 0 Å². The zero-order valence-corrected chi connectivity index (χ0v) is 10.2. The van der Waals surface area contributed by atoms with Gasteiger partial charge in [-0.1, -0.05) is 12.1 Å². The molecule has 1 saturated heterocycles. The molecule has 0 bridgehead atoms. The summed E-state index contributed by atoms with van der Waals surface area (Å²) in [6.45, 7) is 0.629.